The highest BCUT2D eigenvalue weighted by atomic mass is 19.1. The molecule has 158 valence electrons. The normalized spacial score (nSPS) is 15.2. The van der Waals surface area contributed by atoms with Crippen molar-refractivity contribution >= 4 is 23.7 Å². The van der Waals surface area contributed by atoms with E-state index < -0.39 is 17.7 Å². The van der Waals surface area contributed by atoms with Crippen molar-refractivity contribution in [3.63, 3.8) is 0 Å². The van der Waals surface area contributed by atoms with E-state index in [1.807, 2.05) is 4.90 Å². The zero-order valence-electron chi connectivity index (χ0n) is 16.7. The van der Waals surface area contributed by atoms with Crippen LogP contribution in [0.1, 0.15) is 18.7 Å². The van der Waals surface area contributed by atoms with E-state index in [2.05, 4.69) is 24.9 Å². The van der Waals surface area contributed by atoms with E-state index in [1.54, 1.807) is 43.1 Å². The Balaban J connectivity index is 1.76. The predicted octanol–water partition coefficient (Wildman–Crippen LogP) is 1.59. The van der Waals surface area contributed by atoms with Gasteiger partial charge in [0.2, 0.25) is 17.8 Å². The van der Waals surface area contributed by atoms with Crippen molar-refractivity contribution in [2.24, 2.45) is 7.05 Å². The van der Waals surface area contributed by atoms with Gasteiger partial charge in [-0.25, -0.2) is 13.8 Å². The number of methoxy groups -OCH3 is 1. The van der Waals surface area contributed by atoms with Gasteiger partial charge in [0.25, 0.3) is 0 Å². The van der Waals surface area contributed by atoms with Gasteiger partial charge >= 0.3 is 0 Å². The topological polar surface area (TPSA) is 111 Å². The van der Waals surface area contributed by atoms with Crippen molar-refractivity contribution in [1.82, 2.24) is 29.5 Å². The van der Waals surface area contributed by atoms with Crippen LogP contribution in [0.3, 0.4) is 0 Å². The third-order valence-corrected chi connectivity index (χ3v) is 4.87. The summed E-state index contributed by atoms with van der Waals surface area (Å²) in [6, 6.07) is 0.0754. The lowest BCUT2D eigenvalue weighted by Gasteiger charge is -2.38. The van der Waals surface area contributed by atoms with E-state index >= 15 is 0 Å². The number of pyridine rings is 1. The van der Waals surface area contributed by atoms with Crippen molar-refractivity contribution in [2.45, 2.75) is 19.1 Å². The van der Waals surface area contributed by atoms with Gasteiger partial charge < -0.3 is 19.9 Å². The summed E-state index contributed by atoms with van der Waals surface area (Å²) < 4.78 is 34.9. The Hall–Kier alpha value is -3.41. The van der Waals surface area contributed by atoms with Gasteiger partial charge in [-0.3, -0.25) is 9.88 Å². The minimum atomic E-state index is -0.781. The number of anilines is 4. The molecular weight excluding hydrogens is 396 g/mol. The Bertz CT molecular complexity index is 1050. The maximum atomic E-state index is 14.5. The molecule has 0 saturated carbocycles. The lowest BCUT2D eigenvalue weighted by atomic mass is 10.1. The molecule has 0 spiro atoms. The molecule has 30 heavy (non-hydrogen) atoms. The molecular formula is C18H21F2N9O. The number of aromatic nitrogens is 6. The summed E-state index contributed by atoms with van der Waals surface area (Å²) in [6.07, 6.45) is 4.37. The number of nitrogens with zero attached hydrogens (tertiary/aromatic N) is 8. The minimum Gasteiger partial charge on any atom is -0.378 e. The molecule has 4 heterocycles. The number of halogens is 2. The largest absolute Gasteiger partial charge is 0.378 e. The van der Waals surface area contributed by atoms with Gasteiger partial charge in [-0.15, -0.1) is 0 Å². The van der Waals surface area contributed by atoms with Crippen molar-refractivity contribution in [2.75, 3.05) is 35.7 Å². The number of ether oxygens (including phenoxy) is 1. The smallest absolute Gasteiger partial charge is 0.238 e. The monoisotopic (exact) mass is 417 g/mol. The Morgan fingerprint density at radius 1 is 1.23 bits per heavy atom. The minimum absolute atomic E-state index is 0.0107. The van der Waals surface area contributed by atoms with Gasteiger partial charge in [-0.2, -0.15) is 15.0 Å². The molecule has 0 aliphatic carbocycles. The van der Waals surface area contributed by atoms with Gasteiger partial charge in [-0.05, 0) is 6.92 Å². The number of nitrogens with two attached hydrogens (primary N) is 1. The summed E-state index contributed by atoms with van der Waals surface area (Å²) in [5.74, 6) is -0.523. The Morgan fingerprint density at radius 2 is 2.00 bits per heavy atom. The van der Waals surface area contributed by atoms with Crippen LogP contribution >= 0.6 is 0 Å². The third kappa shape index (κ3) is 3.73. The molecule has 1 aliphatic heterocycles. The molecule has 0 unspecified atom stereocenters. The molecule has 1 saturated heterocycles. The fraction of sp³-hybridized carbons (Fsp3) is 0.389. The van der Waals surface area contributed by atoms with Crippen LogP contribution in [0.2, 0.25) is 0 Å². The Morgan fingerprint density at radius 3 is 2.63 bits per heavy atom. The van der Waals surface area contributed by atoms with Crippen LogP contribution in [0, 0.1) is 11.6 Å². The SMILES string of the molecule is COC1CN(c2nc(N)nc(N(c3cn(C)cn3)[C@@H](C)c3ncc(F)cc3F)n2)C1. The maximum absolute atomic E-state index is 14.5. The van der Waals surface area contributed by atoms with Gasteiger partial charge in [0, 0.05) is 39.5 Å². The number of rotatable bonds is 6. The summed E-state index contributed by atoms with van der Waals surface area (Å²) in [6.45, 7) is 2.93. The first kappa shape index (κ1) is 19.9. The number of imidazole rings is 1. The van der Waals surface area contributed by atoms with Crippen LogP contribution in [-0.2, 0) is 11.8 Å². The Kier molecular flexibility index (Phi) is 5.16. The molecule has 4 rings (SSSR count). The van der Waals surface area contributed by atoms with E-state index in [9.17, 15) is 8.78 Å². The molecule has 0 radical (unpaired) electrons. The zero-order valence-corrected chi connectivity index (χ0v) is 16.7. The quantitative estimate of drug-likeness (QED) is 0.639. The summed E-state index contributed by atoms with van der Waals surface area (Å²) in [4.78, 5) is 24.7. The van der Waals surface area contributed by atoms with Crippen molar-refractivity contribution < 1.29 is 13.5 Å². The van der Waals surface area contributed by atoms with Crippen LogP contribution in [0.15, 0.2) is 24.8 Å². The summed E-state index contributed by atoms with van der Waals surface area (Å²) in [5.41, 5.74) is 5.96. The number of aryl methyl sites for hydroxylation is 1. The lowest BCUT2D eigenvalue weighted by Crippen LogP contribution is -2.52. The van der Waals surface area contributed by atoms with E-state index in [-0.39, 0.29) is 23.7 Å². The van der Waals surface area contributed by atoms with Crippen molar-refractivity contribution in [1.29, 1.82) is 0 Å². The number of nitrogen functional groups attached to an aromatic ring is 1. The van der Waals surface area contributed by atoms with Crippen molar-refractivity contribution in [3.05, 3.63) is 42.1 Å². The molecule has 1 fully saturated rings. The first-order valence-corrected chi connectivity index (χ1v) is 9.23. The summed E-state index contributed by atoms with van der Waals surface area (Å²) >= 11 is 0. The van der Waals surface area contributed by atoms with E-state index in [0.29, 0.717) is 24.9 Å². The second-order valence-corrected chi connectivity index (χ2v) is 7.02. The fourth-order valence-corrected chi connectivity index (χ4v) is 3.22. The standard InChI is InChI=1S/C18H21F2N9O/c1-10(15-13(20)4-11(19)5-22-15)29(14-8-27(2)9-23-14)18-25-16(21)24-17(26-18)28-6-12(7-28)30-3/h4-5,8-10,12H,6-7H2,1-3H3,(H2,21,24,25,26)/t10-/m0/s1. The van der Waals surface area contributed by atoms with E-state index in [1.165, 1.54) is 0 Å². The average molecular weight is 417 g/mol. The summed E-state index contributed by atoms with van der Waals surface area (Å²) in [5, 5.41) is 0. The molecule has 3 aromatic heterocycles. The van der Waals surface area contributed by atoms with Gasteiger partial charge in [0.1, 0.15) is 11.6 Å². The molecule has 10 nitrogen and oxygen atoms in total. The van der Waals surface area contributed by atoms with Gasteiger partial charge in [0.15, 0.2) is 5.82 Å². The summed E-state index contributed by atoms with van der Waals surface area (Å²) in [7, 11) is 3.44. The van der Waals surface area contributed by atoms with Crippen LogP contribution < -0.4 is 15.5 Å². The fourth-order valence-electron chi connectivity index (χ4n) is 3.22. The number of hydrogen-bond donors (Lipinski definition) is 1. The molecule has 0 bridgehead atoms. The molecule has 0 aromatic carbocycles. The molecule has 0 amide bonds. The molecule has 12 heteroatoms. The first-order chi connectivity index (χ1) is 14.4. The van der Waals surface area contributed by atoms with Crippen LogP contribution in [0.4, 0.5) is 32.4 Å². The van der Waals surface area contributed by atoms with Crippen molar-refractivity contribution in [3.8, 4) is 0 Å². The van der Waals surface area contributed by atoms with E-state index in [0.717, 1.165) is 12.3 Å². The molecule has 3 aromatic rings. The lowest BCUT2D eigenvalue weighted by molar-refractivity contribution is 0.0778. The first-order valence-electron chi connectivity index (χ1n) is 9.23. The second kappa shape index (κ2) is 7.78. The average Bonchev–Trinajstić information content (AvgIpc) is 3.06. The maximum Gasteiger partial charge on any atom is 0.238 e. The highest BCUT2D eigenvalue weighted by molar-refractivity contribution is 5.57. The van der Waals surface area contributed by atoms with Gasteiger partial charge in [0.05, 0.1) is 30.4 Å². The van der Waals surface area contributed by atoms with Crippen LogP contribution in [0.5, 0.6) is 0 Å². The molecule has 1 atom stereocenters. The van der Waals surface area contributed by atoms with Crippen LogP contribution in [0.25, 0.3) is 0 Å². The van der Waals surface area contributed by atoms with Gasteiger partial charge in [-0.1, -0.05) is 0 Å². The Labute approximate surface area is 171 Å². The second-order valence-electron chi connectivity index (χ2n) is 7.02. The zero-order chi connectivity index (χ0) is 21.4. The molecule has 1 aliphatic rings. The van der Waals surface area contributed by atoms with E-state index in [4.69, 9.17) is 10.5 Å². The predicted molar refractivity (Wildman–Crippen MR) is 105 cm³/mol. The third-order valence-electron chi connectivity index (χ3n) is 4.87. The number of hydrogen-bond acceptors (Lipinski definition) is 9. The van der Waals surface area contributed by atoms with Crippen LogP contribution in [-0.4, -0.2) is 55.8 Å². The highest BCUT2D eigenvalue weighted by Crippen LogP contribution is 2.33. The highest BCUT2D eigenvalue weighted by Gasteiger charge is 2.32. The molecule has 2 N–H and O–H groups in total.